The van der Waals surface area contributed by atoms with Gasteiger partial charge in [-0.25, -0.2) is 21.9 Å². The molecule has 1 spiro atoms. The molecule has 7 aliphatic rings. The predicted molar refractivity (Wildman–Crippen MR) is 296 cm³/mol. The van der Waals surface area contributed by atoms with Crippen LogP contribution in [0.25, 0.3) is 11.0 Å². The van der Waals surface area contributed by atoms with Crippen LogP contribution in [0.1, 0.15) is 90.5 Å². The molecule has 6 aromatic rings. The Hall–Kier alpha value is -6.91. The summed E-state index contributed by atoms with van der Waals surface area (Å²) in [6, 6.07) is 24.2. The van der Waals surface area contributed by atoms with E-state index in [0.717, 1.165) is 88.4 Å². The lowest BCUT2D eigenvalue weighted by Gasteiger charge is -2.59. The van der Waals surface area contributed by atoms with Gasteiger partial charge in [0.05, 0.1) is 40.3 Å². The van der Waals surface area contributed by atoms with Crippen molar-refractivity contribution < 1.29 is 45.9 Å². The van der Waals surface area contributed by atoms with Crippen molar-refractivity contribution in [1.82, 2.24) is 24.5 Å². The normalized spacial score (nSPS) is 23.5. The summed E-state index contributed by atoms with van der Waals surface area (Å²) in [4.78, 5) is 43.7. The van der Waals surface area contributed by atoms with Crippen molar-refractivity contribution >= 4 is 55.4 Å². The molecule has 3 N–H and O–H groups in total. The standard InChI is InChI=1S/C59H65F2N9O9S/c1-36-4-2-3-5-42(36)53-34-67(48-14-25-78-54-30-46(61)45(60)29-44(48)54)20-21-68(53)40-31-59(32-40)15-18-66(19-16-59)39-6-8-43(50(27-39)69-49-13-24-77-35-55(49)79-58-52(69)26-38-10-17-62-56(38)64-58)57(71)65-80(74,75)41-7-9-47(51(28-41)70(72)73)63-33-37-11-22-76-23-12-37/h2-10,17,26-30,37,40,48-49,53,55,63H,11-16,18-25,31-35H2,1H3,(H,62,64)(H,65,71)/t48-,49+,53+,55+/m1/s1. The number of aromatic amines is 1. The number of anilines is 4. The number of benzene rings is 4. The number of hydrogen-bond acceptors (Lipinski definition) is 15. The number of aryl methyl sites for hydroxylation is 1. The molecule has 0 radical (unpaired) electrons. The minimum Gasteiger partial charge on any atom is -0.493 e. The van der Waals surface area contributed by atoms with Gasteiger partial charge in [-0.1, -0.05) is 24.3 Å². The number of aromatic nitrogens is 2. The number of halogens is 2. The number of nitrogens with zero attached hydrogens (tertiary/aromatic N) is 6. The summed E-state index contributed by atoms with van der Waals surface area (Å²) in [7, 11) is -4.64. The third-order valence-electron chi connectivity index (χ3n) is 18.2. The number of nitrogens with one attached hydrogen (secondary N) is 3. The maximum atomic E-state index is 14.8. The molecular weight excluding hydrogens is 1050 g/mol. The summed E-state index contributed by atoms with van der Waals surface area (Å²) in [5.74, 6) is -1.63. The molecule has 80 heavy (non-hydrogen) atoms. The Morgan fingerprint density at radius 2 is 1.66 bits per heavy atom. The van der Waals surface area contributed by atoms with E-state index in [9.17, 15) is 32.1 Å². The van der Waals surface area contributed by atoms with E-state index in [4.69, 9.17) is 23.9 Å². The van der Waals surface area contributed by atoms with Crippen LogP contribution in [0.4, 0.5) is 37.2 Å². The molecule has 4 saturated heterocycles. The first-order valence-electron chi connectivity index (χ1n) is 28.0. The average molecular weight is 1110 g/mol. The van der Waals surface area contributed by atoms with Crippen molar-refractivity contribution in [2.24, 2.45) is 11.3 Å². The van der Waals surface area contributed by atoms with E-state index in [1.165, 1.54) is 35.4 Å². The molecule has 13 rings (SSSR count). The van der Waals surface area contributed by atoms with E-state index in [1.807, 2.05) is 24.3 Å². The number of pyridine rings is 1. The van der Waals surface area contributed by atoms with Gasteiger partial charge in [0.1, 0.15) is 28.9 Å². The van der Waals surface area contributed by atoms with Crippen LogP contribution < -0.4 is 29.3 Å². The first kappa shape index (κ1) is 52.5. The molecule has 5 fully saturated rings. The Balaban J connectivity index is 0.762. The molecule has 2 aromatic heterocycles. The van der Waals surface area contributed by atoms with Crippen molar-refractivity contribution in [3.05, 3.63) is 135 Å². The van der Waals surface area contributed by atoms with Crippen LogP contribution in [-0.2, 0) is 19.5 Å². The Morgan fingerprint density at radius 1 is 0.863 bits per heavy atom. The highest BCUT2D eigenvalue weighted by molar-refractivity contribution is 7.90. The lowest BCUT2D eigenvalue weighted by molar-refractivity contribution is -0.384. The highest BCUT2D eigenvalue weighted by Crippen LogP contribution is 2.54. The van der Waals surface area contributed by atoms with Gasteiger partial charge in [0.25, 0.3) is 21.6 Å². The molecule has 0 unspecified atom stereocenters. The van der Waals surface area contributed by atoms with Crippen LogP contribution in [-0.4, -0.2) is 130 Å². The summed E-state index contributed by atoms with van der Waals surface area (Å²) >= 11 is 0. The van der Waals surface area contributed by atoms with Crippen LogP contribution in [0, 0.1) is 40.0 Å². The first-order chi connectivity index (χ1) is 38.8. The topological polar surface area (TPSA) is 197 Å². The fourth-order valence-corrected chi connectivity index (χ4v) is 14.8. The molecule has 21 heteroatoms. The summed E-state index contributed by atoms with van der Waals surface area (Å²) < 4.78 is 83.5. The summed E-state index contributed by atoms with van der Waals surface area (Å²) in [5.41, 5.74) is 5.83. The first-order valence-corrected chi connectivity index (χ1v) is 29.5. The maximum Gasteiger partial charge on any atom is 0.293 e. The number of carbonyl (C=O) groups is 1. The van der Waals surface area contributed by atoms with Gasteiger partial charge in [0, 0.05) is 119 Å². The quantitative estimate of drug-likeness (QED) is 0.0774. The number of piperidine rings is 1. The second-order valence-electron chi connectivity index (χ2n) is 22.8. The number of fused-ring (bicyclic) bond motifs is 4. The number of nitro benzene ring substituents is 1. The van der Waals surface area contributed by atoms with Crippen molar-refractivity contribution in [3.8, 4) is 11.6 Å². The van der Waals surface area contributed by atoms with Gasteiger partial charge in [-0.15, -0.1) is 0 Å². The van der Waals surface area contributed by atoms with Crippen LogP contribution in [0.15, 0.2) is 96.0 Å². The minimum atomic E-state index is -4.64. The van der Waals surface area contributed by atoms with Crippen LogP contribution in [0.5, 0.6) is 11.6 Å². The van der Waals surface area contributed by atoms with Gasteiger partial charge in [-0.05, 0) is 123 Å². The Labute approximate surface area is 462 Å². The van der Waals surface area contributed by atoms with Gasteiger partial charge < -0.3 is 39.0 Å². The fraction of sp³-hybridized carbons (Fsp3) is 0.458. The predicted octanol–water partition coefficient (Wildman–Crippen LogP) is 9.33. The van der Waals surface area contributed by atoms with Gasteiger partial charge in [-0.3, -0.25) is 24.7 Å². The molecule has 1 saturated carbocycles. The summed E-state index contributed by atoms with van der Waals surface area (Å²) in [6.07, 6.45) is 8.25. The zero-order chi connectivity index (χ0) is 54.9. The Kier molecular flexibility index (Phi) is 13.9. The van der Waals surface area contributed by atoms with Crippen LogP contribution in [0.2, 0.25) is 0 Å². The number of sulfonamides is 1. The lowest BCUT2D eigenvalue weighted by atomic mass is 9.59. The average Bonchev–Trinajstić information content (AvgIpc) is 3.94. The molecule has 1 aliphatic carbocycles. The lowest BCUT2D eigenvalue weighted by Crippen LogP contribution is -2.60. The largest absolute Gasteiger partial charge is 0.493 e. The van der Waals surface area contributed by atoms with E-state index in [-0.39, 0.29) is 47.3 Å². The number of carbonyl (C=O) groups excluding carboxylic acids is 1. The van der Waals surface area contributed by atoms with Crippen molar-refractivity contribution in [1.29, 1.82) is 0 Å². The van der Waals surface area contributed by atoms with Gasteiger partial charge in [0.15, 0.2) is 11.6 Å². The summed E-state index contributed by atoms with van der Waals surface area (Å²) in [5, 5.41) is 16.3. The number of nitro groups is 1. The second-order valence-corrected chi connectivity index (χ2v) is 24.5. The zero-order valence-corrected chi connectivity index (χ0v) is 45.4. The van der Waals surface area contributed by atoms with Crippen molar-refractivity contribution in [2.75, 3.05) is 87.4 Å². The van der Waals surface area contributed by atoms with Crippen LogP contribution >= 0.6 is 0 Å². The van der Waals surface area contributed by atoms with Crippen molar-refractivity contribution in [2.45, 2.75) is 93.5 Å². The Bertz CT molecular complexity index is 3470. The molecule has 4 atom stereocenters. The van der Waals surface area contributed by atoms with Gasteiger partial charge in [0.2, 0.25) is 5.88 Å². The number of ether oxygens (including phenoxy) is 4. The monoisotopic (exact) mass is 1110 g/mol. The fourth-order valence-electron chi connectivity index (χ4n) is 13.8. The number of H-pyrrole nitrogens is 1. The SMILES string of the molecule is Cc1ccccc1[C@@H]1CN([C@@H]2CCOc3cc(F)c(F)cc32)CCN1C1CC2(CCN(c3ccc(C(=O)NS(=O)(=O)c4ccc(NCC5CCOCC5)c([N+](=O)[O-])c4)c(N4c5cc6cc[nH]c6nc5O[C@H]5COCC[C@@H]54)c3)CC2)C1. The maximum absolute atomic E-state index is 14.8. The van der Waals surface area contributed by atoms with E-state index in [2.05, 4.69) is 65.8 Å². The third kappa shape index (κ3) is 9.87. The smallest absolute Gasteiger partial charge is 0.293 e. The number of rotatable bonds is 12. The molecule has 420 valence electrons. The second kappa shape index (κ2) is 21.2. The Morgan fingerprint density at radius 3 is 2.48 bits per heavy atom. The van der Waals surface area contributed by atoms with E-state index in [1.54, 1.807) is 12.3 Å². The molecule has 8 heterocycles. The highest BCUT2D eigenvalue weighted by atomic mass is 32.2. The van der Waals surface area contributed by atoms with E-state index < -0.39 is 49.2 Å². The van der Waals surface area contributed by atoms with E-state index >= 15 is 0 Å². The van der Waals surface area contributed by atoms with Crippen LogP contribution in [0.3, 0.4) is 0 Å². The highest BCUT2D eigenvalue weighted by Gasteiger charge is 2.51. The molecule has 4 aromatic carbocycles. The van der Waals surface area contributed by atoms with Crippen molar-refractivity contribution in [3.63, 3.8) is 0 Å². The molecule has 1 amide bonds. The number of hydrogen-bond donors (Lipinski definition) is 3. The zero-order valence-electron chi connectivity index (χ0n) is 44.6. The van der Waals surface area contributed by atoms with E-state index in [0.29, 0.717) is 86.1 Å². The van der Waals surface area contributed by atoms with Gasteiger partial charge in [-0.2, -0.15) is 4.98 Å². The molecule has 18 nitrogen and oxygen atoms in total. The molecule has 0 bridgehead atoms. The number of amides is 1. The molecule has 6 aliphatic heterocycles. The van der Waals surface area contributed by atoms with Gasteiger partial charge >= 0.3 is 0 Å². The number of piperazine rings is 1. The minimum absolute atomic E-state index is 0.0796. The summed E-state index contributed by atoms with van der Waals surface area (Å²) in [6.45, 7) is 8.96. The molecular formula is C59H65F2N9O9S. The third-order valence-corrected chi connectivity index (χ3v) is 19.5.